The summed E-state index contributed by atoms with van der Waals surface area (Å²) in [6.45, 7) is 4.08. The Balaban J connectivity index is 1.80. The van der Waals surface area contributed by atoms with Crippen molar-refractivity contribution in [3.05, 3.63) is 51.9 Å². The summed E-state index contributed by atoms with van der Waals surface area (Å²) in [5.74, 6) is -1.18. The molecule has 160 valence electrons. The number of amides is 1. The van der Waals surface area contributed by atoms with Gasteiger partial charge in [-0.05, 0) is 42.7 Å². The molecule has 1 heterocycles. The number of ketones is 1. The molecule has 5 nitrogen and oxygen atoms in total. The standard InChI is InChI=1S/C24H29NO4S/c1-3-16-7-9-17(10-8-16)22(29)19-13-18(4-2)30-23(19)25-20(26)14-24(15-21(27)28)11-5-6-12-24/h7-10,13H,3-6,11-12,14-15H2,1-2H3,(H,25,26)(H,27,28). The SMILES string of the molecule is CCc1ccc(C(=O)c2cc(CC)sc2NC(=O)CC2(CC(=O)O)CCCC2)cc1. The van der Waals surface area contributed by atoms with Crippen LogP contribution in [-0.2, 0) is 22.4 Å². The molecule has 0 spiro atoms. The first-order valence-electron chi connectivity index (χ1n) is 10.6. The highest BCUT2D eigenvalue weighted by molar-refractivity contribution is 7.16. The number of hydrogen-bond donors (Lipinski definition) is 2. The fourth-order valence-corrected chi connectivity index (χ4v) is 5.31. The Labute approximate surface area is 181 Å². The molecule has 0 radical (unpaired) electrons. The van der Waals surface area contributed by atoms with Gasteiger partial charge in [-0.2, -0.15) is 0 Å². The van der Waals surface area contributed by atoms with E-state index in [9.17, 15) is 19.5 Å². The minimum Gasteiger partial charge on any atom is -0.481 e. The summed E-state index contributed by atoms with van der Waals surface area (Å²) in [4.78, 5) is 38.3. The Morgan fingerprint density at radius 2 is 1.70 bits per heavy atom. The van der Waals surface area contributed by atoms with Gasteiger partial charge < -0.3 is 10.4 Å². The molecule has 30 heavy (non-hydrogen) atoms. The first-order valence-corrected chi connectivity index (χ1v) is 11.5. The van der Waals surface area contributed by atoms with E-state index in [1.165, 1.54) is 16.9 Å². The molecular weight excluding hydrogens is 398 g/mol. The molecule has 0 bridgehead atoms. The highest BCUT2D eigenvalue weighted by Gasteiger charge is 2.38. The van der Waals surface area contributed by atoms with Crippen molar-refractivity contribution >= 4 is 34.0 Å². The summed E-state index contributed by atoms with van der Waals surface area (Å²) in [7, 11) is 0. The van der Waals surface area contributed by atoms with Crippen LogP contribution in [0.5, 0.6) is 0 Å². The summed E-state index contributed by atoms with van der Waals surface area (Å²) >= 11 is 1.42. The molecule has 1 aliphatic carbocycles. The fourth-order valence-electron chi connectivity index (χ4n) is 4.30. The van der Waals surface area contributed by atoms with E-state index in [0.29, 0.717) is 16.1 Å². The van der Waals surface area contributed by atoms with Crippen molar-refractivity contribution in [3.8, 4) is 0 Å². The smallest absolute Gasteiger partial charge is 0.303 e. The van der Waals surface area contributed by atoms with Gasteiger partial charge in [0, 0.05) is 16.9 Å². The molecule has 0 saturated heterocycles. The van der Waals surface area contributed by atoms with Crippen molar-refractivity contribution in [3.63, 3.8) is 0 Å². The van der Waals surface area contributed by atoms with Gasteiger partial charge in [-0.15, -0.1) is 11.3 Å². The molecule has 0 unspecified atom stereocenters. The van der Waals surface area contributed by atoms with Gasteiger partial charge in [0.15, 0.2) is 5.78 Å². The number of aliphatic carboxylic acids is 1. The Morgan fingerprint density at radius 1 is 1.03 bits per heavy atom. The molecule has 1 saturated carbocycles. The van der Waals surface area contributed by atoms with Gasteiger partial charge in [0.1, 0.15) is 5.00 Å². The van der Waals surface area contributed by atoms with Gasteiger partial charge >= 0.3 is 5.97 Å². The van der Waals surface area contributed by atoms with Crippen molar-refractivity contribution in [1.82, 2.24) is 0 Å². The number of nitrogens with one attached hydrogen (secondary N) is 1. The monoisotopic (exact) mass is 427 g/mol. The summed E-state index contributed by atoms with van der Waals surface area (Å²) in [6, 6.07) is 9.43. The lowest BCUT2D eigenvalue weighted by Gasteiger charge is -2.26. The number of carbonyl (C=O) groups excluding carboxylic acids is 2. The van der Waals surface area contributed by atoms with E-state index in [1.807, 2.05) is 37.3 Å². The average molecular weight is 428 g/mol. The second kappa shape index (κ2) is 9.56. The molecule has 1 aromatic carbocycles. The minimum atomic E-state index is -0.861. The lowest BCUT2D eigenvalue weighted by atomic mass is 9.79. The van der Waals surface area contributed by atoms with E-state index in [1.54, 1.807) is 0 Å². The number of anilines is 1. The van der Waals surface area contributed by atoms with Crippen LogP contribution in [0.15, 0.2) is 30.3 Å². The second-order valence-corrected chi connectivity index (χ2v) is 9.33. The van der Waals surface area contributed by atoms with Gasteiger partial charge in [0.25, 0.3) is 0 Å². The summed E-state index contributed by atoms with van der Waals surface area (Å²) < 4.78 is 0. The van der Waals surface area contributed by atoms with E-state index < -0.39 is 11.4 Å². The summed E-state index contributed by atoms with van der Waals surface area (Å²) in [6.07, 6.45) is 5.30. The van der Waals surface area contributed by atoms with Crippen molar-refractivity contribution < 1.29 is 19.5 Å². The van der Waals surface area contributed by atoms with Crippen molar-refractivity contribution in [2.75, 3.05) is 5.32 Å². The number of aryl methyl sites for hydroxylation is 2. The topological polar surface area (TPSA) is 83.5 Å². The molecule has 1 aliphatic rings. The normalized spacial score (nSPS) is 15.1. The van der Waals surface area contributed by atoms with Crippen LogP contribution in [0.1, 0.15) is 78.7 Å². The third-order valence-electron chi connectivity index (χ3n) is 5.98. The Morgan fingerprint density at radius 3 is 2.27 bits per heavy atom. The first-order chi connectivity index (χ1) is 14.4. The van der Waals surface area contributed by atoms with Crippen LogP contribution < -0.4 is 5.32 Å². The zero-order chi connectivity index (χ0) is 21.7. The number of carboxylic acid groups (broad SMARTS) is 1. The van der Waals surface area contributed by atoms with E-state index in [0.717, 1.165) is 43.4 Å². The molecule has 1 amide bonds. The predicted molar refractivity (Wildman–Crippen MR) is 119 cm³/mol. The fraction of sp³-hybridized carbons (Fsp3) is 0.458. The van der Waals surface area contributed by atoms with Crippen LogP contribution in [0, 0.1) is 5.41 Å². The van der Waals surface area contributed by atoms with Crippen LogP contribution in [0.3, 0.4) is 0 Å². The first kappa shape index (κ1) is 22.2. The van der Waals surface area contributed by atoms with Crippen LogP contribution in [0.2, 0.25) is 0 Å². The average Bonchev–Trinajstić information content (AvgIpc) is 3.33. The third-order valence-corrected chi connectivity index (χ3v) is 7.17. The summed E-state index contributed by atoms with van der Waals surface area (Å²) in [5.41, 5.74) is 1.80. The zero-order valence-electron chi connectivity index (χ0n) is 17.6. The van der Waals surface area contributed by atoms with Crippen LogP contribution >= 0.6 is 11.3 Å². The van der Waals surface area contributed by atoms with Gasteiger partial charge in [0.05, 0.1) is 12.0 Å². The molecular formula is C24H29NO4S. The predicted octanol–water partition coefficient (Wildman–Crippen LogP) is 5.47. The zero-order valence-corrected chi connectivity index (χ0v) is 18.4. The Bertz CT molecular complexity index is 923. The molecule has 1 aromatic heterocycles. The Hall–Kier alpha value is -2.47. The minimum absolute atomic E-state index is 0.0145. The van der Waals surface area contributed by atoms with Gasteiger partial charge in [-0.1, -0.05) is 51.0 Å². The number of thiophene rings is 1. The largest absolute Gasteiger partial charge is 0.481 e. The van der Waals surface area contributed by atoms with E-state index in [4.69, 9.17) is 0 Å². The van der Waals surface area contributed by atoms with Gasteiger partial charge in [-0.3, -0.25) is 14.4 Å². The second-order valence-electron chi connectivity index (χ2n) is 8.19. The highest BCUT2D eigenvalue weighted by Crippen LogP contribution is 2.44. The number of carbonyl (C=O) groups is 3. The van der Waals surface area contributed by atoms with E-state index in [2.05, 4.69) is 12.2 Å². The quantitative estimate of drug-likeness (QED) is 0.520. The molecule has 2 N–H and O–H groups in total. The lowest BCUT2D eigenvalue weighted by molar-refractivity contribution is -0.140. The summed E-state index contributed by atoms with van der Waals surface area (Å²) in [5, 5.41) is 12.8. The molecule has 6 heteroatoms. The van der Waals surface area contributed by atoms with Crippen LogP contribution in [0.25, 0.3) is 0 Å². The van der Waals surface area contributed by atoms with Gasteiger partial charge in [0.2, 0.25) is 5.91 Å². The molecule has 0 aliphatic heterocycles. The molecule has 0 atom stereocenters. The number of benzene rings is 1. The van der Waals surface area contributed by atoms with E-state index in [-0.39, 0.29) is 24.5 Å². The van der Waals surface area contributed by atoms with Crippen molar-refractivity contribution in [1.29, 1.82) is 0 Å². The maximum atomic E-state index is 13.1. The van der Waals surface area contributed by atoms with Crippen LogP contribution in [-0.4, -0.2) is 22.8 Å². The van der Waals surface area contributed by atoms with E-state index >= 15 is 0 Å². The van der Waals surface area contributed by atoms with Crippen molar-refractivity contribution in [2.45, 2.75) is 65.2 Å². The highest BCUT2D eigenvalue weighted by atomic mass is 32.1. The third kappa shape index (κ3) is 5.17. The van der Waals surface area contributed by atoms with Crippen molar-refractivity contribution in [2.24, 2.45) is 5.41 Å². The number of carboxylic acids is 1. The van der Waals surface area contributed by atoms with Crippen LogP contribution in [0.4, 0.5) is 5.00 Å². The number of rotatable bonds is 9. The maximum absolute atomic E-state index is 13.1. The molecule has 2 aromatic rings. The lowest BCUT2D eigenvalue weighted by Crippen LogP contribution is -2.27. The maximum Gasteiger partial charge on any atom is 0.303 e. The number of hydrogen-bond acceptors (Lipinski definition) is 4. The molecule has 3 rings (SSSR count). The Kier molecular flexibility index (Phi) is 7.08. The van der Waals surface area contributed by atoms with Gasteiger partial charge in [-0.25, -0.2) is 0 Å². The molecule has 1 fully saturated rings.